The van der Waals surface area contributed by atoms with Crippen LogP contribution in [0.25, 0.3) is 0 Å². The molecule has 1 aromatic carbocycles. The maximum atomic E-state index is 11.7. The van der Waals surface area contributed by atoms with Gasteiger partial charge in [-0.15, -0.1) is 11.3 Å². The second-order valence-corrected chi connectivity index (χ2v) is 4.94. The smallest absolute Gasteiger partial charge is 0.340 e. The number of benzene rings is 1. The number of non-ortho nitro benzene ring substituents is 1. The molecule has 0 aliphatic rings. The number of nitro groups is 1. The summed E-state index contributed by atoms with van der Waals surface area (Å²) in [5, 5.41) is 15.8. The van der Waals surface area contributed by atoms with E-state index in [1.807, 2.05) is 17.5 Å². The Morgan fingerprint density at radius 3 is 2.85 bits per heavy atom. The first kappa shape index (κ1) is 14.0. The second-order valence-electron chi connectivity index (χ2n) is 3.91. The minimum atomic E-state index is -0.609. The van der Waals surface area contributed by atoms with Crippen molar-refractivity contribution in [1.29, 1.82) is 0 Å². The summed E-state index contributed by atoms with van der Waals surface area (Å²) < 4.78 is 4.65. The second kappa shape index (κ2) is 6.16. The molecule has 0 radical (unpaired) electrons. The van der Waals surface area contributed by atoms with Crippen LogP contribution in [0.5, 0.6) is 0 Å². The molecule has 2 rings (SSSR count). The summed E-state index contributed by atoms with van der Waals surface area (Å²) in [5.41, 5.74) is 0.515. The lowest BCUT2D eigenvalue weighted by atomic mass is 10.1. The molecule has 1 heterocycles. The minimum Gasteiger partial charge on any atom is -0.465 e. The molecule has 0 unspecified atom stereocenters. The Balaban J connectivity index is 2.26. The van der Waals surface area contributed by atoms with Crippen LogP contribution in [0.3, 0.4) is 0 Å². The highest BCUT2D eigenvalue weighted by molar-refractivity contribution is 7.09. The number of carbonyl (C=O) groups is 1. The van der Waals surface area contributed by atoms with Gasteiger partial charge >= 0.3 is 5.97 Å². The number of hydrogen-bond donors (Lipinski definition) is 1. The summed E-state index contributed by atoms with van der Waals surface area (Å²) in [4.78, 5) is 23.0. The van der Waals surface area contributed by atoms with Gasteiger partial charge in [-0.25, -0.2) is 4.79 Å². The van der Waals surface area contributed by atoms with Crippen molar-refractivity contribution in [3.63, 3.8) is 0 Å². The summed E-state index contributed by atoms with van der Waals surface area (Å²) >= 11 is 1.58. The van der Waals surface area contributed by atoms with Gasteiger partial charge < -0.3 is 10.1 Å². The number of nitrogens with one attached hydrogen (secondary N) is 1. The van der Waals surface area contributed by atoms with Crippen molar-refractivity contribution in [2.75, 3.05) is 12.4 Å². The number of rotatable bonds is 5. The Morgan fingerprint density at radius 2 is 2.25 bits per heavy atom. The van der Waals surface area contributed by atoms with E-state index in [-0.39, 0.29) is 11.3 Å². The quantitative estimate of drug-likeness (QED) is 0.520. The van der Waals surface area contributed by atoms with E-state index in [4.69, 9.17) is 0 Å². The van der Waals surface area contributed by atoms with Crippen molar-refractivity contribution in [1.82, 2.24) is 0 Å². The number of nitrogens with zero attached hydrogens (tertiary/aromatic N) is 1. The molecule has 0 aliphatic carbocycles. The molecule has 2 aromatic rings. The third-order valence-electron chi connectivity index (χ3n) is 2.65. The van der Waals surface area contributed by atoms with Crippen LogP contribution in [-0.4, -0.2) is 18.0 Å². The fourth-order valence-corrected chi connectivity index (χ4v) is 2.32. The van der Waals surface area contributed by atoms with Crippen LogP contribution in [0.2, 0.25) is 0 Å². The monoisotopic (exact) mass is 292 g/mol. The highest BCUT2D eigenvalue weighted by Crippen LogP contribution is 2.24. The van der Waals surface area contributed by atoms with Crippen LogP contribution < -0.4 is 5.32 Å². The van der Waals surface area contributed by atoms with Crippen molar-refractivity contribution in [2.45, 2.75) is 6.54 Å². The Bertz CT molecular complexity index is 625. The van der Waals surface area contributed by atoms with E-state index < -0.39 is 10.9 Å². The zero-order valence-corrected chi connectivity index (χ0v) is 11.5. The largest absolute Gasteiger partial charge is 0.465 e. The first-order chi connectivity index (χ1) is 9.61. The third kappa shape index (κ3) is 3.12. The summed E-state index contributed by atoms with van der Waals surface area (Å²) in [6.45, 7) is 0.541. The molecule has 20 heavy (non-hydrogen) atoms. The molecule has 7 heteroatoms. The van der Waals surface area contributed by atoms with E-state index in [0.29, 0.717) is 12.2 Å². The molecule has 0 saturated heterocycles. The normalized spacial score (nSPS) is 10.1. The number of methoxy groups -OCH3 is 1. The first-order valence-electron chi connectivity index (χ1n) is 5.75. The predicted molar refractivity (Wildman–Crippen MR) is 76.1 cm³/mol. The maximum Gasteiger partial charge on any atom is 0.340 e. The molecule has 0 fully saturated rings. The zero-order chi connectivity index (χ0) is 14.5. The zero-order valence-electron chi connectivity index (χ0n) is 10.7. The molecule has 1 N–H and O–H groups in total. The topological polar surface area (TPSA) is 81.5 Å². The highest BCUT2D eigenvalue weighted by atomic mass is 32.1. The minimum absolute atomic E-state index is 0.146. The van der Waals surface area contributed by atoms with Crippen molar-refractivity contribution < 1.29 is 14.5 Å². The average Bonchev–Trinajstić information content (AvgIpc) is 2.97. The van der Waals surface area contributed by atoms with Crippen molar-refractivity contribution in [3.05, 3.63) is 56.3 Å². The lowest BCUT2D eigenvalue weighted by Gasteiger charge is -2.09. The Hall–Kier alpha value is -2.41. The van der Waals surface area contributed by atoms with E-state index in [1.165, 1.54) is 25.3 Å². The van der Waals surface area contributed by atoms with Crippen LogP contribution in [0.4, 0.5) is 11.4 Å². The molecule has 0 bridgehead atoms. The third-order valence-corrected chi connectivity index (χ3v) is 3.53. The predicted octanol–water partition coefficient (Wildman–Crippen LogP) is 3.06. The average molecular weight is 292 g/mol. The van der Waals surface area contributed by atoms with Gasteiger partial charge in [-0.2, -0.15) is 0 Å². The molecule has 0 spiro atoms. The van der Waals surface area contributed by atoms with Gasteiger partial charge in [0.05, 0.1) is 17.6 Å². The Labute approximate surface area is 119 Å². The summed E-state index contributed by atoms with van der Waals surface area (Å²) in [5.74, 6) is -0.609. The van der Waals surface area contributed by atoms with Gasteiger partial charge in [-0.3, -0.25) is 10.1 Å². The number of thiophene rings is 1. The van der Waals surface area contributed by atoms with Gasteiger partial charge in [-0.05, 0) is 17.5 Å². The SMILES string of the molecule is COC(=O)c1cc([N+](=O)[O-])ccc1NCc1cccs1. The van der Waals surface area contributed by atoms with Crippen LogP contribution in [0.15, 0.2) is 35.7 Å². The molecule has 1 aromatic heterocycles. The van der Waals surface area contributed by atoms with Crippen LogP contribution in [0, 0.1) is 10.1 Å². The number of ether oxygens (including phenoxy) is 1. The van der Waals surface area contributed by atoms with E-state index in [9.17, 15) is 14.9 Å². The standard InChI is InChI=1S/C13H12N2O4S/c1-19-13(16)11-7-9(15(17)18)4-5-12(11)14-8-10-3-2-6-20-10/h2-7,14H,8H2,1H3. The van der Waals surface area contributed by atoms with Gasteiger partial charge in [0.1, 0.15) is 0 Å². The molecule has 0 atom stereocenters. The van der Waals surface area contributed by atoms with Gasteiger partial charge in [0.2, 0.25) is 0 Å². The number of esters is 1. The lowest BCUT2D eigenvalue weighted by molar-refractivity contribution is -0.384. The van der Waals surface area contributed by atoms with Gasteiger partial charge in [0.15, 0.2) is 0 Å². The molecule has 6 nitrogen and oxygen atoms in total. The summed E-state index contributed by atoms with van der Waals surface area (Å²) in [6.07, 6.45) is 0. The first-order valence-corrected chi connectivity index (χ1v) is 6.63. The van der Waals surface area contributed by atoms with Gasteiger partial charge in [0, 0.05) is 29.2 Å². The van der Waals surface area contributed by atoms with E-state index >= 15 is 0 Å². The molecule has 0 saturated carbocycles. The van der Waals surface area contributed by atoms with E-state index in [0.717, 1.165) is 4.88 Å². The molecule has 104 valence electrons. The van der Waals surface area contributed by atoms with E-state index in [1.54, 1.807) is 11.3 Å². The summed E-state index contributed by atoms with van der Waals surface area (Å²) in [6, 6.07) is 7.96. The maximum absolute atomic E-state index is 11.7. The number of nitro benzene ring substituents is 1. The van der Waals surface area contributed by atoms with Crippen molar-refractivity contribution in [3.8, 4) is 0 Å². The van der Waals surface area contributed by atoms with Gasteiger partial charge in [-0.1, -0.05) is 6.07 Å². The van der Waals surface area contributed by atoms with Crippen molar-refractivity contribution >= 4 is 28.7 Å². The molecule has 0 amide bonds. The van der Waals surface area contributed by atoms with Gasteiger partial charge in [0.25, 0.3) is 5.69 Å². The fourth-order valence-electron chi connectivity index (χ4n) is 1.67. The van der Waals surface area contributed by atoms with Crippen LogP contribution in [-0.2, 0) is 11.3 Å². The molecular weight excluding hydrogens is 280 g/mol. The van der Waals surface area contributed by atoms with Crippen LogP contribution >= 0.6 is 11.3 Å². The fraction of sp³-hybridized carbons (Fsp3) is 0.154. The number of carbonyl (C=O) groups excluding carboxylic acids is 1. The summed E-state index contributed by atoms with van der Waals surface area (Å²) in [7, 11) is 1.24. The highest BCUT2D eigenvalue weighted by Gasteiger charge is 2.17. The van der Waals surface area contributed by atoms with Crippen LogP contribution in [0.1, 0.15) is 15.2 Å². The number of hydrogen-bond acceptors (Lipinski definition) is 6. The Kier molecular flexibility index (Phi) is 4.31. The van der Waals surface area contributed by atoms with Crippen molar-refractivity contribution in [2.24, 2.45) is 0 Å². The Morgan fingerprint density at radius 1 is 1.45 bits per heavy atom. The number of anilines is 1. The lowest BCUT2D eigenvalue weighted by Crippen LogP contribution is -2.08. The molecule has 0 aliphatic heterocycles. The molecular formula is C13H12N2O4S. The van der Waals surface area contributed by atoms with E-state index in [2.05, 4.69) is 10.1 Å².